The molecule has 0 saturated carbocycles. The van der Waals surface area contributed by atoms with Crippen LogP contribution in [0.2, 0.25) is 0 Å². The molecule has 0 bridgehead atoms. The Kier molecular flexibility index (Phi) is 5.80. The second-order valence-corrected chi connectivity index (χ2v) is 7.45. The molecule has 1 saturated heterocycles. The minimum atomic E-state index is -4.60. The molecule has 1 aliphatic rings. The zero-order valence-corrected chi connectivity index (χ0v) is 11.0. The zero-order valence-electron chi connectivity index (χ0n) is 9.42. The summed E-state index contributed by atoms with van der Waals surface area (Å²) in [6, 6.07) is 0. The number of aliphatic hydroxyl groups is 4. The van der Waals surface area contributed by atoms with Crippen LogP contribution in [0, 0.1) is 0 Å². The highest BCUT2D eigenvalue weighted by Crippen LogP contribution is 2.24. The lowest BCUT2D eigenvalue weighted by atomic mass is 10.2. The van der Waals surface area contributed by atoms with Gasteiger partial charge >= 0.3 is 10.4 Å². The quantitative estimate of drug-likeness (QED) is 0.256. The predicted octanol–water partition coefficient (Wildman–Crippen LogP) is -3.12. The molecule has 5 atom stereocenters. The molecule has 0 radical (unpaired) electrons. The monoisotopic (exact) mass is 305 g/mol. The lowest BCUT2D eigenvalue weighted by Crippen LogP contribution is -2.37. The van der Waals surface area contributed by atoms with Gasteiger partial charge in [-0.1, -0.05) is 0 Å². The van der Waals surface area contributed by atoms with Crippen molar-refractivity contribution in [1.82, 2.24) is 0 Å². The van der Waals surface area contributed by atoms with E-state index in [1.807, 2.05) is 0 Å². The first kappa shape index (κ1) is 16.1. The van der Waals surface area contributed by atoms with E-state index in [0.29, 0.717) is 0 Å². The SMILES string of the molecule is O=S(=O)(O)OCC(O)C[S+]1C[C@@H](O)[C@H](O)[C@H]1CO. The van der Waals surface area contributed by atoms with Crippen LogP contribution in [0.15, 0.2) is 0 Å². The van der Waals surface area contributed by atoms with Crippen LogP contribution in [0.5, 0.6) is 0 Å². The van der Waals surface area contributed by atoms with Crippen LogP contribution in [-0.2, 0) is 25.5 Å². The molecule has 5 N–H and O–H groups in total. The first-order valence-electron chi connectivity index (χ1n) is 5.17. The van der Waals surface area contributed by atoms with Crippen LogP contribution in [0.3, 0.4) is 0 Å². The van der Waals surface area contributed by atoms with Gasteiger partial charge in [-0.3, -0.25) is 4.55 Å². The fourth-order valence-corrected chi connectivity index (χ4v) is 4.72. The van der Waals surface area contributed by atoms with Crippen LogP contribution < -0.4 is 0 Å². The maximum absolute atomic E-state index is 10.3. The van der Waals surface area contributed by atoms with Crippen LogP contribution in [-0.4, -0.2) is 81.7 Å². The largest absolute Gasteiger partial charge is 0.397 e. The van der Waals surface area contributed by atoms with Gasteiger partial charge in [0.15, 0.2) is 5.25 Å². The Morgan fingerprint density at radius 2 is 2.00 bits per heavy atom. The molecule has 0 aromatic carbocycles. The van der Waals surface area contributed by atoms with E-state index in [0.717, 1.165) is 0 Å². The Hall–Kier alpha value is 0.0600. The van der Waals surface area contributed by atoms with E-state index in [2.05, 4.69) is 4.18 Å². The minimum absolute atomic E-state index is 0.0782. The minimum Gasteiger partial charge on any atom is -0.391 e. The Balaban J connectivity index is 2.46. The summed E-state index contributed by atoms with van der Waals surface area (Å²) in [7, 11) is -5.24. The number of aliphatic hydroxyl groups excluding tert-OH is 4. The lowest BCUT2D eigenvalue weighted by molar-refractivity contribution is 0.0325. The Morgan fingerprint density at radius 3 is 2.50 bits per heavy atom. The fraction of sp³-hybridized carbons (Fsp3) is 1.00. The van der Waals surface area contributed by atoms with Gasteiger partial charge in [0.25, 0.3) is 0 Å². The maximum atomic E-state index is 10.3. The first-order chi connectivity index (χ1) is 8.24. The second kappa shape index (κ2) is 6.48. The van der Waals surface area contributed by atoms with Gasteiger partial charge in [0, 0.05) is 10.9 Å². The number of rotatable bonds is 6. The predicted molar refractivity (Wildman–Crippen MR) is 63.5 cm³/mol. The van der Waals surface area contributed by atoms with Crippen molar-refractivity contribution in [3.63, 3.8) is 0 Å². The highest BCUT2D eigenvalue weighted by molar-refractivity contribution is 7.97. The summed E-state index contributed by atoms with van der Waals surface area (Å²) in [5.74, 6) is 0.310. The van der Waals surface area contributed by atoms with Crippen molar-refractivity contribution in [3.05, 3.63) is 0 Å². The Labute approximate surface area is 108 Å². The van der Waals surface area contributed by atoms with Gasteiger partial charge in [0.2, 0.25) is 0 Å². The summed E-state index contributed by atoms with van der Waals surface area (Å²) in [6.07, 6.45) is -3.17. The van der Waals surface area contributed by atoms with Crippen molar-refractivity contribution < 1.29 is 37.6 Å². The molecule has 18 heavy (non-hydrogen) atoms. The van der Waals surface area contributed by atoms with E-state index in [4.69, 9.17) is 9.66 Å². The van der Waals surface area contributed by atoms with E-state index in [1.54, 1.807) is 0 Å². The second-order valence-electron chi connectivity index (χ2n) is 4.02. The van der Waals surface area contributed by atoms with Gasteiger partial charge < -0.3 is 20.4 Å². The van der Waals surface area contributed by atoms with Crippen molar-refractivity contribution in [1.29, 1.82) is 0 Å². The summed E-state index contributed by atoms with van der Waals surface area (Å²) in [5.41, 5.74) is 0. The molecule has 0 spiro atoms. The summed E-state index contributed by atoms with van der Waals surface area (Å²) in [4.78, 5) is 0. The van der Waals surface area contributed by atoms with Gasteiger partial charge in [-0.2, -0.15) is 8.42 Å². The molecule has 0 aromatic heterocycles. The standard InChI is InChI=1S/C8H16O8S2/c9-1-7-8(12)6(11)4-17(7)3-5(10)2-16-18(13,14)15/h5-12H,1-4H2/p+1/t5?,6-,7-,8+,17?/m1/s1. The third kappa shape index (κ3) is 4.63. The maximum Gasteiger partial charge on any atom is 0.397 e. The molecule has 1 fully saturated rings. The fourth-order valence-electron chi connectivity index (χ4n) is 1.75. The van der Waals surface area contributed by atoms with Crippen LogP contribution in [0.25, 0.3) is 0 Å². The molecule has 0 amide bonds. The van der Waals surface area contributed by atoms with E-state index in [9.17, 15) is 23.7 Å². The number of hydrogen-bond acceptors (Lipinski definition) is 7. The molecule has 108 valence electrons. The van der Waals surface area contributed by atoms with E-state index >= 15 is 0 Å². The summed E-state index contributed by atoms with van der Waals surface area (Å²) >= 11 is 0. The average Bonchev–Trinajstić information content (AvgIpc) is 2.50. The van der Waals surface area contributed by atoms with Crippen LogP contribution in [0.4, 0.5) is 0 Å². The highest BCUT2D eigenvalue weighted by Gasteiger charge is 2.49. The van der Waals surface area contributed by atoms with E-state index < -0.39 is 51.5 Å². The molecule has 0 aliphatic carbocycles. The molecule has 1 heterocycles. The van der Waals surface area contributed by atoms with Crippen LogP contribution in [0.1, 0.15) is 0 Å². The summed E-state index contributed by atoms with van der Waals surface area (Å²) in [6.45, 7) is -0.931. The number of hydrogen-bond donors (Lipinski definition) is 5. The van der Waals surface area contributed by atoms with Crippen molar-refractivity contribution in [3.8, 4) is 0 Å². The van der Waals surface area contributed by atoms with Gasteiger partial charge in [-0.15, -0.1) is 0 Å². The Bertz CT molecular complexity index is 358. The third-order valence-electron chi connectivity index (χ3n) is 2.58. The molecule has 0 aromatic rings. The Morgan fingerprint density at radius 1 is 1.39 bits per heavy atom. The van der Waals surface area contributed by atoms with Crippen LogP contribution >= 0.6 is 0 Å². The molecule has 1 rings (SSSR count). The zero-order chi connectivity index (χ0) is 13.9. The van der Waals surface area contributed by atoms with Gasteiger partial charge in [-0.05, 0) is 0 Å². The van der Waals surface area contributed by atoms with Gasteiger partial charge in [0.05, 0.1) is 13.2 Å². The van der Waals surface area contributed by atoms with E-state index in [-0.39, 0.29) is 18.1 Å². The van der Waals surface area contributed by atoms with E-state index in [1.165, 1.54) is 0 Å². The molecule has 2 unspecified atom stereocenters. The molecular weight excluding hydrogens is 288 g/mol. The molecule has 10 heteroatoms. The summed E-state index contributed by atoms with van der Waals surface area (Å²) < 4.78 is 33.0. The van der Waals surface area contributed by atoms with Crippen molar-refractivity contribution in [2.45, 2.75) is 23.6 Å². The first-order valence-corrected chi connectivity index (χ1v) is 8.17. The molecule has 1 aliphatic heterocycles. The lowest BCUT2D eigenvalue weighted by Gasteiger charge is -2.14. The topological polar surface area (TPSA) is 145 Å². The highest BCUT2D eigenvalue weighted by atomic mass is 32.3. The van der Waals surface area contributed by atoms with Crippen molar-refractivity contribution >= 4 is 21.3 Å². The molecule has 8 nitrogen and oxygen atoms in total. The summed E-state index contributed by atoms with van der Waals surface area (Å²) in [5, 5.41) is 37.0. The van der Waals surface area contributed by atoms with Gasteiger partial charge in [0.1, 0.15) is 29.8 Å². The normalized spacial score (nSPS) is 34.7. The third-order valence-corrected chi connectivity index (χ3v) is 5.88. The smallest absolute Gasteiger partial charge is 0.391 e. The van der Waals surface area contributed by atoms with Crippen molar-refractivity contribution in [2.75, 3.05) is 24.7 Å². The van der Waals surface area contributed by atoms with Crippen molar-refractivity contribution in [2.24, 2.45) is 0 Å². The molecular formula is C8H17O8S2+. The van der Waals surface area contributed by atoms with Gasteiger partial charge in [-0.25, -0.2) is 4.18 Å². The average molecular weight is 305 g/mol.